The third kappa shape index (κ3) is 3.83. The van der Waals surface area contributed by atoms with Gasteiger partial charge in [0.25, 0.3) is 0 Å². The number of fused-ring (bicyclic) bond motifs is 3. The summed E-state index contributed by atoms with van der Waals surface area (Å²) in [5.74, 6) is 0. The Hall–Kier alpha value is -4.48. The highest BCUT2D eigenvalue weighted by atomic mass is 79.9. The van der Waals surface area contributed by atoms with E-state index in [1.807, 2.05) is 0 Å². The fraction of sp³-hybridized carbons (Fsp3) is 0.0303. The van der Waals surface area contributed by atoms with Crippen LogP contribution in [0.25, 0.3) is 49.7 Å². The third-order valence-electron chi connectivity index (χ3n) is 7.09. The lowest BCUT2D eigenvalue weighted by Crippen LogP contribution is -2.14. The molecule has 182 valence electrons. The van der Waals surface area contributed by atoms with Gasteiger partial charge in [0.1, 0.15) is 0 Å². The molecule has 1 aromatic heterocycles. The van der Waals surface area contributed by atoms with Crippen molar-refractivity contribution in [3.8, 4) is 27.9 Å². The summed E-state index contributed by atoms with van der Waals surface area (Å²) in [6.07, 6.45) is 3.15. The number of rotatable bonds is 4. The van der Waals surface area contributed by atoms with Crippen molar-refractivity contribution in [2.75, 3.05) is 0 Å². The Balaban J connectivity index is 1.48. The van der Waals surface area contributed by atoms with E-state index >= 15 is 0 Å². The first-order valence-electron chi connectivity index (χ1n) is 12.6. The van der Waals surface area contributed by atoms with Crippen LogP contribution in [0.3, 0.4) is 0 Å². The first-order chi connectivity index (χ1) is 18.8. The van der Waals surface area contributed by atoms with E-state index in [-0.39, 0.29) is 6.17 Å². The van der Waals surface area contributed by atoms with Gasteiger partial charge in [0.2, 0.25) is 0 Å². The number of aliphatic imine (C=N–C) groups is 2. The first-order valence-corrected chi connectivity index (χ1v) is 13.3. The van der Waals surface area contributed by atoms with Gasteiger partial charge < -0.3 is 9.88 Å². The van der Waals surface area contributed by atoms with E-state index in [1.54, 1.807) is 12.7 Å². The van der Waals surface area contributed by atoms with Gasteiger partial charge in [-0.25, -0.2) is 9.98 Å². The largest absolute Gasteiger partial charge is 0.338 e. The maximum Gasteiger partial charge on any atom is 0.168 e. The van der Waals surface area contributed by atoms with E-state index in [4.69, 9.17) is 0 Å². The maximum atomic E-state index is 4.52. The standard InChI is InChI=1S/C33H23BrN4/c34-30-13-7-6-12-27(30)26-11-5-4-10-25(26)22-14-16-28-29-17-15-23(33-36-20-35-21-37-33)19-32(29)38(31(28)18-22)24-8-2-1-3-9-24/h1-21,33H,(H,35,36,37). The van der Waals surface area contributed by atoms with Gasteiger partial charge in [-0.05, 0) is 52.6 Å². The highest BCUT2D eigenvalue weighted by molar-refractivity contribution is 9.10. The number of hydrogen-bond acceptors (Lipinski definition) is 3. The number of nitrogens with zero attached hydrogens (tertiary/aromatic N) is 3. The molecule has 5 heteroatoms. The van der Waals surface area contributed by atoms with E-state index < -0.39 is 0 Å². The molecule has 0 aliphatic carbocycles. The molecule has 1 N–H and O–H groups in total. The Labute approximate surface area is 229 Å². The zero-order chi connectivity index (χ0) is 25.5. The van der Waals surface area contributed by atoms with Crippen LogP contribution in [0.4, 0.5) is 0 Å². The fourth-order valence-electron chi connectivity index (χ4n) is 5.34. The summed E-state index contributed by atoms with van der Waals surface area (Å²) in [5, 5.41) is 5.36. The first kappa shape index (κ1) is 22.7. The van der Waals surface area contributed by atoms with Crippen LogP contribution in [0, 0.1) is 0 Å². The number of halogens is 1. The third-order valence-corrected chi connectivity index (χ3v) is 7.78. The molecule has 0 fully saturated rings. The Morgan fingerprint density at radius 2 is 1.24 bits per heavy atom. The Morgan fingerprint density at radius 1 is 0.605 bits per heavy atom. The maximum absolute atomic E-state index is 4.52. The Bertz CT molecular complexity index is 1860. The zero-order valence-electron chi connectivity index (χ0n) is 20.4. The highest BCUT2D eigenvalue weighted by Crippen LogP contribution is 2.40. The van der Waals surface area contributed by atoms with Crippen LogP contribution in [-0.4, -0.2) is 17.2 Å². The van der Waals surface area contributed by atoms with Crippen molar-refractivity contribution in [2.24, 2.45) is 9.98 Å². The number of benzene rings is 5. The summed E-state index contributed by atoms with van der Waals surface area (Å²) < 4.78 is 3.44. The lowest BCUT2D eigenvalue weighted by Gasteiger charge is -2.13. The fourth-order valence-corrected chi connectivity index (χ4v) is 5.84. The van der Waals surface area contributed by atoms with Gasteiger partial charge in [-0.2, -0.15) is 0 Å². The number of para-hydroxylation sites is 1. The van der Waals surface area contributed by atoms with Crippen LogP contribution in [0.2, 0.25) is 0 Å². The van der Waals surface area contributed by atoms with Crippen LogP contribution in [0.5, 0.6) is 0 Å². The van der Waals surface area contributed by atoms with Crippen molar-refractivity contribution in [2.45, 2.75) is 6.17 Å². The highest BCUT2D eigenvalue weighted by Gasteiger charge is 2.18. The SMILES string of the molecule is Brc1ccccc1-c1ccccc1-c1ccc2c3ccc(C4N=CNC=N4)cc3n(-c3ccccc3)c2c1. The molecule has 0 spiro atoms. The topological polar surface area (TPSA) is 41.7 Å². The summed E-state index contributed by atoms with van der Waals surface area (Å²) in [4.78, 5) is 9.03. The minimum absolute atomic E-state index is 0.241. The lowest BCUT2D eigenvalue weighted by molar-refractivity contribution is 0.770. The normalized spacial score (nSPS) is 13.3. The number of nitrogens with one attached hydrogen (secondary N) is 1. The number of hydrogen-bond donors (Lipinski definition) is 1. The molecular weight excluding hydrogens is 532 g/mol. The summed E-state index contributed by atoms with van der Waals surface area (Å²) in [6, 6.07) is 40.9. The minimum atomic E-state index is -0.241. The average Bonchev–Trinajstić information content (AvgIpc) is 3.31. The van der Waals surface area contributed by atoms with Crippen molar-refractivity contribution in [1.82, 2.24) is 9.88 Å². The second kappa shape index (κ2) is 9.43. The molecule has 0 bridgehead atoms. The van der Waals surface area contributed by atoms with Crippen molar-refractivity contribution >= 4 is 50.4 Å². The van der Waals surface area contributed by atoms with Gasteiger partial charge in [0.05, 0.1) is 23.7 Å². The smallest absolute Gasteiger partial charge is 0.168 e. The predicted octanol–water partition coefficient (Wildman–Crippen LogP) is 8.54. The molecule has 0 unspecified atom stereocenters. The molecule has 5 aromatic carbocycles. The average molecular weight is 555 g/mol. The summed E-state index contributed by atoms with van der Waals surface area (Å²) in [5.41, 5.74) is 9.25. The lowest BCUT2D eigenvalue weighted by atomic mass is 9.94. The molecule has 0 amide bonds. The van der Waals surface area contributed by atoms with Crippen molar-refractivity contribution in [3.63, 3.8) is 0 Å². The van der Waals surface area contributed by atoms with Gasteiger partial charge in [-0.3, -0.25) is 0 Å². The van der Waals surface area contributed by atoms with Gasteiger partial charge in [-0.15, -0.1) is 0 Å². The van der Waals surface area contributed by atoms with Crippen LogP contribution >= 0.6 is 15.9 Å². The summed E-state index contributed by atoms with van der Waals surface area (Å²) in [6.45, 7) is 0. The summed E-state index contributed by atoms with van der Waals surface area (Å²) in [7, 11) is 0. The quantitative estimate of drug-likeness (QED) is 0.233. The van der Waals surface area contributed by atoms with Gasteiger partial charge in [0, 0.05) is 26.5 Å². The van der Waals surface area contributed by atoms with Gasteiger partial charge >= 0.3 is 0 Å². The molecule has 0 atom stereocenters. The molecule has 38 heavy (non-hydrogen) atoms. The van der Waals surface area contributed by atoms with E-state index in [0.29, 0.717) is 0 Å². The molecule has 7 rings (SSSR count). The molecule has 0 radical (unpaired) electrons. The van der Waals surface area contributed by atoms with Gasteiger partial charge in [-0.1, -0.05) is 101 Å². The molecule has 1 aliphatic rings. The molecular formula is C33H23BrN4. The zero-order valence-corrected chi connectivity index (χ0v) is 22.0. The predicted molar refractivity (Wildman–Crippen MR) is 162 cm³/mol. The van der Waals surface area contributed by atoms with E-state index in [2.05, 4.69) is 151 Å². The van der Waals surface area contributed by atoms with Crippen LogP contribution in [0.1, 0.15) is 11.7 Å². The molecule has 2 heterocycles. The molecule has 4 nitrogen and oxygen atoms in total. The van der Waals surface area contributed by atoms with Crippen LogP contribution in [-0.2, 0) is 0 Å². The van der Waals surface area contributed by atoms with Gasteiger partial charge in [0.15, 0.2) is 6.17 Å². The van der Waals surface area contributed by atoms with E-state index in [9.17, 15) is 0 Å². The molecule has 1 aliphatic heterocycles. The summed E-state index contributed by atoms with van der Waals surface area (Å²) >= 11 is 3.76. The van der Waals surface area contributed by atoms with Crippen LogP contribution < -0.4 is 5.32 Å². The Kier molecular flexibility index (Phi) is 5.64. The monoisotopic (exact) mass is 554 g/mol. The number of aromatic nitrogens is 1. The second-order valence-corrected chi connectivity index (χ2v) is 10.2. The molecule has 0 saturated heterocycles. The van der Waals surface area contributed by atoms with E-state index in [0.717, 1.165) is 21.2 Å². The molecule has 0 saturated carbocycles. The van der Waals surface area contributed by atoms with Crippen LogP contribution in [0.15, 0.2) is 130 Å². The second-order valence-electron chi connectivity index (χ2n) is 9.30. The van der Waals surface area contributed by atoms with E-state index in [1.165, 1.54) is 38.5 Å². The van der Waals surface area contributed by atoms with Crippen molar-refractivity contribution in [3.05, 3.63) is 125 Å². The van der Waals surface area contributed by atoms with Crippen molar-refractivity contribution in [1.29, 1.82) is 0 Å². The Morgan fingerprint density at radius 3 is 2.00 bits per heavy atom. The minimum Gasteiger partial charge on any atom is -0.338 e. The molecule has 6 aromatic rings. The van der Waals surface area contributed by atoms with Crippen molar-refractivity contribution < 1.29 is 0 Å².